The van der Waals surface area contributed by atoms with Gasteiger partial charge in [-0.2, -0.15) is 0 Å². The van der Waals surface area contributed by atoms with Crippen molar-refractivity contribution in [3.63, 3.8) is 0 Å². The van der Waals surface area contributed by atoms with E-state index in [2.05, 4.69) is 36.7 Å². The van der Waals surface area contributed by atoms with Crippen molar-refractivity contribution in [2.45, 2.75) is 27.2 Å². The van der Waals surface area contributed by atoms with Gasteiger partial charge < -0.3 is 0 Å². The van der Waals surface area contributed by atoms with Gasteiger partial charge in [-0.25, -0.2) is 9.97 Å². The predicted octanol–water partition coefficient (Wildman–Crippen LogP) is 2.05. The molecule has 0 unspecified atom stereocenters. The van der Waals surface area contributed by atoms with Crippen molar-refractivity contribution < 1.29 is 0 Å². The average molecular weight is 174 g/mol. The summed E-state index contributed by atoms with van der Waals surface area (Å²) >= 11 is 0. The van der Waals surface area contributed by atoms with E-state index in [0.717, 1.165) is 17.8 Å². The van der Waals surface area contributed by atoms with E-state index in [1.165, 1.54) is 0 Å². The molecule has 13 heavy (non-hydrogen) atoms. The van der Waals surface area contributed by atoms with E-state index in [-0.39, 0.29) is 5.41 Å². The second-order valence-corrected chi connectivity index (χ2v) is 4.27. The molecule has 0 atom stereocenters. The van der Waals surface area contributed by atoms with Crippen LogP contribution in [-0.4, -0.2) is 9.97 Å². The highest BCUT2D eigenvalue weighted by atomic mass is 14.9. The van der Waals surface area contributed by atoms with E-state index in [9.17, 15) is 0 Å². The number of rotatable bonds is 1. The van der Waals surface area contributed by atoms with Crippen LogP contribution in [0.1, 0.15) is 32.2 Å². The normalized spacial score (nSPS) is 10.9. The summed E-state index contributed by atoms with van der Waals surface area (Å²) in [6, 6.07) is 0. The second kappa shape index (κ2) is 3.57. The molecule has 0 spiro atoms. The quantitative estimate of drug-likeness (QED) is 0.609. The minimum Gasteiger partial charge on any atom is -0.240 e. The van der Waals surface area contributed by atoms with E-state index in [1.807, 2.05) is 0 Å². The van der Waals surface area contributed by atoms with Crippen molar-refractivity contribution in [1.29, 1.82) is 0 Å². The maximum Gasteiger partial charge on any atom is 0.128 e. The van der Waals surface area contributed by atoms with Crippen LogP contribution in [0.5, 0.6) is 0 Å². The lowest BCUT2D eigenvalue weighted by atomic mass is 9.92. The molecule has 0 aliphatic heterocycles. The van der Waals surface area contributed by atoms with Crippen LogP contribution >= 0.6 is 0 Å². The first-order valence-corrected chi connectivity index (χ1v) is 4.29. The Morgan fingerprint density at radius 3 is 2.23 bits per heavy atom. The number of hydrogen-bond donors (Lipinski definition) is 0. The Morgan fingerprint density at radius 1 is 1.31 bits per heavy atom. The molecule has 0 saturated heterocycles. The SMILES string of the molecule is C#Cc1cnc(CC(C)(C)C)nc1. The first kappa shape index (κ1) is 9.73. The maximum atomic E-state index is 5.20. The molecule has 0 N–H and O–H groups in total. The predicted molar refractivity (Wildman–Crippen MR) is 53.1 cm³/mol. The molecule has 68 valence electrons. The summed E-state index contributed by atoms with van der Waals surface area (Å²) in [5, 5.41) is 0. The summed E-state index contributed by atoms with van der Waals surface area (Å²) in [6.45, 7) is 6.47. The summed E-state index contributed by atoms with van der Waals surface area (Å²) in [7, 11) is 0. The van der Waals surface area contributed by atoms with Crippen molar-refractivity contribution in [3.8, 4) is 12.3 Å². The summed E-state index contributed by atoms with van der Waals surface area (Å²) in [5.74, 6) is 3.35. The van der Waals surface area contributed by atoms with Gasteiger partial charge in [0, 0.05) is 18.8 Å². The molecule has 0 aliphatic carbocycles. The zero-order valence-corrected chi connectivity index (χ0v) is 8.33. The van der Waals surface area contributed by atoms with Gasteiger partial charge in [-0.3, -0.25) is 0 Å². The van der Waals surface area contributed by atoms with E-state index in [1.54, 1.807) is 12.4 Å². The molecule has 0 aromatic carbocycles. The van der Waals surface area contributed by atoms with Crippen LogP contribution < -0.4 is 0 Å². The molecule has 2 heteroatoms. The second-order valence-electron chi connectivity index (χ2n) is 4.27. The van der Waals surface area contributed by atoms with Gasteiger partial charge in [0.15, 0.2) is 0 Å². The van der Waals surface area contributed by atoms with Gasteiger partial charge in [-0.15, -0.1) is 6.42 Å². The lowest BCUT2D eigenvalue weighted by Crippen LogP contribution is -2.11. The highest BCUT2D eigenvalue weighted by Crippen LogP contribution is 2.17. The number of aromatic nitrogens is 2. The van der Waals surface area contributed by atoms with Gasteiger partial charge in [0.2, 0.25) is 0 Å². The van der Waals surface area contributed by atoms with Gasteiger partial charge in [-0.05, 0) is 5.41 Å². The fourth-order valence-electron chi connectivity index (χ4n) is 0.995. The lowest BCUT2D eigenvalue weighted by Gasteiger charge is -2.16. The fraction of sp³-hybridized carbons (Fsp3) is 0.455. The molecule has 0 aliphatic rings. The maximum absolute atomic E-state index is 5.20. The van der Waals surface area contributed by atoms with E-state index < -0.39 is 0 Å². The van der Waals surface area contributed by atoms with Gasteiger partial charge in [0.05, 0.1) is 5.56 Å². The largest absolute Gasteiger partial charge is 0.240 e. The highest BCUT2D eigenvalue weighted by Gasteiger charge is 2.12. The average Bonchev–Trinajstić information content (AvgIpc) is 2.03. The fourth-order valence-corrected chi connectivity index (χ4v) is 0.995. The highest BCUT2D eigenvalue weighted by molar-refractivity contribution is 5.26. The third kappa shape index (κ3) is 3.25. The molecule has 0 bridgehead atoms. The first-order valence-electron chi connectivity index (χ1n) is 4.29. The van der Waals surface area contributed by atoms with Crippen molar-refractivity contribution in [2.24, 2.45) is 5.41 Å². The standard InChI is InChI=1S/C11H14N2/c1-5-9-7-12-10(13-8-9)6-11(2,3)4/h1,7-8H,6H2,2-4H3. The molecule has 0 amide bonds. The monoisotopic (exact) mass is 174 g/mol. The van der Waals surface area contributed by atoms with Crippen LogP contribution in [0.4, 0.5) is 0 Å². The topological polar surface area (TPSA) is 25.8 Å². The zero-order chi connectivity index (χ0) is 9.90. The zero-order valence-electron chi connectivity index (χ0n) is 8.33. The van der Waals surface area contributed by atoms with Crippen molar-refractivity contribution in [1.82, 2.24) is 9.97 Å². The van der Waals surface area contributed by atoms with Gasteiger partial charge >= 0.3 is 0 Å². The minimum absolute atomic E-state index is 0.220. The smallest absolute Gasteiger partial charge is 0.128 e. The van der Waals surface area contributed by atoms with Crippen molar-refractivity contribution in [3.05, 3.63) is 23.8 Å². The van der Waals surface area contributed by atoms with E-state index in [0.29, 0.717) is 0 Å². The lowest BCUT2D eigenvalue weighted by molar-refractivity contribution is 0.400. The van der Waals surface area contributed by atoms with Crippen LogP contribution in [0.15, 0.2) is 12.4 Å². The number of hydrogen-bond acceptors (Lipinski definition) is 2. The summed E-state index contributed by atoms with van der Waals surface area (Å²) < 4.78 is 0. The van der Waals surface area contributed by atoms with Crippen LogP contribution in [0.25, 0.3) is 0 Å². The van der Waals surface area contributed by atoms with Gasteiger partial charge in [0.25, 0.3) is 0 Å². The third-order valence-corrected chi connectivity index (χ3v) is 1.56. The summed E-state index contributed by atoms with van der Waals surface area (Å²) in [6.07, 6.45) is 9.45. The Balaban J connectivity index is 2.77. The molecule has 1 aromatic rings. The molecule has 1 aromatic heterocycles. The Kier molecular flexibility index (Phi) is 2.67. The first-order chi connectivity index (χ1) is 6.01. The summed E-state index contributed by atoms with van der Waals surface area (Å²) in [4.78, 5) is 8.36. The van der Waals surface area contributed by atoms with Gasteiger partial charge in [0.1, 0.15) is 5.82 Å². The van der Waals surface area contributed by atoms with Crippen LogP contribution in [0.2, 0.25) is 0 Å². The molecule has 1 heterocycles. The number of nitrogens with zero attached hydrogens (tertiary/aromatic N) is 2. The molecule has 0 saturated carbocycles. The third-order valence-electron chi connectivity index (χ3n) is 1.56. The molecule has 0 fully saturated rings. The Hall–Kier alpha value is -1.36. The van der Waals surface area contributed by atoms with Gasteiger partial charge in [-0.1, -0.05) is 26.7 Å². The Labute approximate surface area is 79.4 Å². The van der Waals surface area contributed by atoms with E-state index in [4.69, 9.17) is 6.42 Å². The molecular formula is C11H14N2. The Morgan fingerprint density at radius 2 is 1.85 bits per heavy atom. The van der Waals surface area contributed by atoms with E-state index >= 15 is 0 Å². The summed E-state index contributed by atoms with van der Waals surface area (Å²) in [5.41, 5.74) is 0.954. The van der Waals surface area contributed by atoms with Crippen molar-refractivity contribution >= 4 is 0 Å². The molecular weight excluding hydrogens is 160 g/mol. The van der Waals surface area contributed by atoms with Crippen LogP contribution in [0.3, 0.4) is 0 Å². The Bertz CT molecular complexity index is 311. The van der Waals surface area contributed by atoms with Crippen LogP contribution in [-0.2, 0) is 6.42 Å². The number of terminal acetylenes is 1. The van der Waals surface area contributed by atoms with Crippen LogP contribution in [0, 0.1) is 17.8 Å². The molecule has 0 radical (unpaired) electrons. The van der Waals surface area contributed by atoms with Crippen molar-refractivity contribution in [2.75, 3.05) is 0 Å². The minimum atomic E-state index is 0.220. The molecule has 2 nitrogen and oxygen atoms in total. The molecule has 1 rings (SSSR count).